The molecule has 3 heteroatoms. The van der Waals surface area contributed by atoms with Crippen LogP contribution in [-0.2, 0) is 4.74 Å². The first-order chi connectivity index (χ1) is 6.83. The average Bonchev–Trinajstić information content (AvgIpc) is 2.25. The van der Waals surface area contributed by atoms with Crippen molar-refractivity contribution in [1.29, 1.82) is 0 Å². The second-order valence-corrected chi connectivity index (χ2v) is 5.13. The average molecular weight is 217 g/mol. The van der Waals surface area contributed by atoms with E-state index in [0.717, 1.165) is 19.1 Å². The minimum absolute atomic E-state index is 0.672. The van der Waals surface area contributed by atoms with Gasteiger partial charge in [0.25, 0.3) is 0 Å². The maximum atomic E-state index is 5.34. The van der Waals surface area contributed by atoms with Crippen LogP contribution in [0.15, 0.2) is 0 Å². The second kappa shape index (κ2) is 7.55. The number of hydrogen-bond acceptors (Lipinski definition) is 3. The molecule has 1 N–H and O–H groups in total. The molecular weight excluding hydrogens is 194 g/mol. The molecule has 2 nitrogen and oxygen atoms in total. The summed E-state index contributed by atoms with van der Waals surface area (Å²) in [4.78, 5) is 0. The van der Waals surface area contributed by atoms with Gasteiger partial charge in [-0.25, -0.2) is 0 Å². The van der Waals surface area contributed by atoms with Crippen molar-refractivity contribution >= 4 is 11.8 Å². The van der Waals surface area contributed by atoms with E-state index >= 15 is 0 Å². The summed E-state index contributed by atoms with van der Waals surface area (Å²) in [6, 6.07) is 0.672. The Morgan fingerprint density at radius 3 is 2.79 bits per heavy atom. The van der Waals surface area contributed by atoms with Crippen LogP contribution in [0.25, 0.3) is 0 Å². The molecule has 0 spiro atoms. The first-order valence-electron chi connectivity index (χ1n) is 5.63. The Balaban J connectivity index is 2.00. The molecule has 1 fully saturated rings. The van der Waals surface area contributed by atoms with E-state index in [1.165, 1.54) is 31.6 Å². The Bertz CT molecular complexity index is 137. The van der Waals surface area contributed by atoms with E-state index in [1.807, 2.05) is 11.8 Å². The van der Waals surface area contributed by atoms with Gasteiger partial charge in [0.2, 0.25) is 0 Å². The third-order valence-electron chi connectivity index (χ3n) is 2.85. The van der Waals surface area contributed by atoms with E-state index in [-0.39, 0.29) is 0 Å². The highest BCUT2D eigenvalue weighted by atomic mass is 32.2. The molecule has 1 saturated heterocycles. The van der Waals surface area contributed by atoms with Gasteiger partial charge < -0.3 is 10.1 Å². The van der Waals surface area contributed by atoms with Crippen molar-refractivity contribution in [2.45, 2.75) is 32.2 Å². The fraction of sp³-hybridized carbons (Fsp3) is 1.00. The van der Waals surface area contributed by atoms with Gasteiger partial charge in [0, 0.05) is 19.3 Å². The summed E-state index contributed by atoms with van der Waals surface area (Å²) < 4.78 is 5.34. The van der Waals surface area contributed by atoms with E-state index in [0.29, 0.717) is 6.04 Å². The Hall–Kier alpha value is 0.270. The molecule has 14 heavy (non-hydrogen) atoms. The Kier molecular flexibility index (Phi) is 6.65. The van der Waals surface area contributed by atoms with Crippen molar-refractivity contribution in [3.05, 3.63) is 0 Å². The van der Waals surface area contributed by atoms with E-state index < -0.39 is 0 Å². The summed E-state index contributed by atoms with van der Waals surface area (Å²) in [5.41, 5.74) is 0. The lowest BCUT2D eigenvalue weighted by atomic mass is 10.00. The van der Waals surface area contributed by atoms with E-state index in [1.54, 1.807) is 0 Å². The van der Waals surface area contributed by atoms with E-state index in [2.05, 4.69) is 18.5 Å². The third kappa shape index (κ3) is 5.23. The van der Waals surface area contributed by atoms with Gasteiger partial charge in [0.05, 0.1) is 0 Å². The normalized spacial score (nSPS) is 21.0. The van der Waals surface area contributed by atoms with E-state index in [4.69, 9.17) is 4.74 Å². The number of thioether (sulfide) groups is 1. The molecule has 0 aliphatic carbocycles. The highest BCUT2D eigenvalue weighted by molar-refractivity contribution is 7.98. The van der Waals surface area contributed by atoms with Gasteiger partial charge in [-0.3, -0.25) is 0 Å². The van der Waals surface area contributed by atoms with Crippen LogP contribution in [0.4, 0.5) is 0 Å². The lowest BCUT2D eigenvalue weighted by molar-refractivity contribution is 0.0656. The van der Waals surface area contributed by atoms with Gasteiger partial charge >= 0.3 is 0 Å². The summed E-state index contributed by atoms with van der Waals surface area (Å²) in [7, 11) is 0. The Morgan fingerprint density at radius 2 is 2.14 bits per heavy atom. The third-order valence-corrected chi connectivity index (χ3v) is 3.49. The molecule has 84 valence electrons. The van der Waals surface area contributed by atoms with Gasteiger partial charge in [-0.05, 0) is 50.7 Å². The number of ether oxygens (including phenoxy) is 1. The lowest BCUT2D eigenvalue weighted by Crippen LogP contribution is -2.33. The van der Waals surface area contributed by atoms with Crippen LogP contribution in [0.2, 0.25) is 0 Å². The molecule has 1 aliphatic heterocycles. The van der Waals surface area contributed by atoms with Gasteiger partial charge in [-0.2, -0.15) is 11.8 Å². The van der Waals surface area contributed by atoms with Crippen molar-refractivity contribution in [2.75, 3.05) is 31.8 Å². The van der Waals surface area contributed by atoms with Crippen LogP contribution >= 0.6 is 11.8 Å². The first-order valence-corrected chi connectivity index (χ1v) is 7.02. The molecule has 0 aromatic heterocycles. The smallest absolute Gasteiger partial charge is 0.0469 e. The van der Waals surface area contributed by atoms with Crippen LogP contribution < -0.4 is 5.32 Å². The van der Waals surface area contributed by atoms with Gasteiger partial charge in [0.15, 0.2) is 0 Å². The molecule has 1 unspecified atom stereocenters. The van der Waals surface area contributed by atoms with Crippen molar-refractivity contribution in [3.8, 4) is 0 Å². The molecule has 0 bridgehead atoms. The molecule has 0 radical (unpaired) electrons. The summed E-state index contributed by atoms with van der Waals surface area (Å²) >= 11 is 1.93. The maximum absolute atomic E-state index is 5.34. The van der Waals surface area contributed by atoms with Crippen LogP contribution in [0.5, 0.6) is 0 Å². The standard InChI is InChI=1S/C11H23NOS/c1-10(5-8-14-2)12-9-11-3-6-13-7-4-11/h10-12H,3-9H2,1-2H3. The number of nitrogens with one attached hydrogen (secondary N) is 1. The largest absolute Gasteiger partial charge is 0.381 e. The molecule has 1 heterocycles. The topological polar surface area (TPSA) is 21.3 Å². The zero-order valence-corrected chi connectivity index (χ0v) is 10.2. The SMILES string of the molecule is CSCCC(C)NCC1CCOCC1. The Morgan fingerprint density at radius 1 is 1.43 bits per heavy atom. The first kappa shape index (κ1) is 12.3. The molecule has 1 rings (SSSR count). The zero-order chi connectivity index (χ0) is 10.2. The lowest BCUT2D eigenvalue weighted by Gasteiger charge is -2.24. The Labute approximate surface area is 92.2 Å². The van der Waals surface area contributed by atoms with Crippen molar-refractivity contribution < 1.29 is 4.74 Å². The molecule has 0 aromatic rings. The summed E-state index contributed by atoms with van der Waals surface area (Å²) in [6.45, 7) is 5.39. The summed E-state index contributed by atoms with van der Waals surface area (Å²) in [5, 5.41) is 3.62. The molecule has 0 aromatic carbocycles. The summed E-state index contributed by atoms with van der Waals surface area (Å²) in [6.07, 6.45) is 5.93. The minimum Gasteiger partial charge on any atom is -0.381 e. The predicted molar refractivity (Wildman–Crippen MR) is 64.0 cm³/mol. The van der Waals surface area contributed by atoms with Gasteiger partial charge in [0.1, 0.15) is 0 Å². The van der Waals surface area contributed by atoms with Crippen molar-refractivity contribution in [2.24, 2.45) is 5.92 Å². The quantitative estimate of drug-likeness (QED) is 0.736. The van der Waals surface area contributed by atoms with Crippen molar-refractivity contribution in [1.82, 2.24) is 5.32 Å². The number of hydrogen-bond donors (Lipinski definition) is 1. The molecule has 0 saturated carbocycles. The van der Waals surface area contributed by atoms with Crippen LogP contribution in [0.3, 0.4) is 0 Å². The minimum atomic E-state index is 0.672. The van der Waals surface area contributed by atoms with Gasteiger partial charge in [-0.15, -0.1) is 0 Å². The van der Waals surface area contributed by atoms with Crippen LogP contribution in [-0.4, -0.2) is 37.8 Å². The van der Waals surface area contributed by atoms with E-state index in [9.17, 15) is 0 Å². The number of rotatable bonds is 6. The molecule has 0 amide bonds. The zero-order valence-electron chi connectivity index (χ0n) is 9.42. The second-order valence-electron chi connectivity index (χ2n) is 4.15. The fourth-order valence-corrected chi connectivity index (χ4v) is 2.30. The maximum Gasteiger partial charge on any atom is 0.0469 e. The van der Waals surface area contributed by atoms with Gasteiger partial charge in [-0.1, -0.05) is 0 Å². The highest BCUT2D eigenvalue weighted by Crippen LogP contribution is 2.13. The van der Waals surface area contributed by atoms with Crippen LogP contribution in [0.1, 0.15) is 26.2 Å². The monoisotopic (exact) mass is 217 g/mol. The molecular formula is C11H23NOS. The molecule has 1 atom stereocenters. The van der Waals surface area contributed by atoms with Crippen LogP contribution in [0, 0.1) is 5.92 Å². The van der Waals surface area contributed by atoms with Crippen molar-refractivity contribution in [3.63, 3.8) is 0 Å². The fourth-order valence-electron chi connectivity index (χ4n) is 1.72. The predicted octanol–water partition coefficient (Wildman–Crippen LogP) is 2.14. The highest BCUT2D eigenvalue weighted by Gasteiger charge is 2.13. The molecule has 1 aliphatic rings. The summed E-state index contributed by atoms with van der Waals surface area (Å²) in [5.74, 6) is 2.11.